The Morgan fingerprint density at radius 3 is 2.79 bits per heavy atom. The summed E-state index contributed by atoms with van der Waals surface area (Å²) in [6.07, 6.45) is 1.06. The van der Waals surface area contributed by atoms with Crippen molar-refractivity contribution < 1.29 is 23.0 Å². The number of hydrogen-bond acceptors (Lipinski definition) is 4. The lowest BCUT2D eigenvalue weighted by atomic mass is 10.1. The Balaban J connectivity index is 0.00000392. The van der Waals surface area contributed by atoms with Crippen molar-refractivity contribution in [2.45, 2.75) is 13.3 Å². The maximum absolute atomic E-state index is 13.2. The number of hydrogen-bond donors (Lipinski definition) is 1. The molecule has 1 aromatic rings. The molecule has 0 bridgehead atoms. The molecule has 0 saturated carbocycles. The van der Waals surface area contributed by atoms with Gasteiger partial charge in [-0.05, 0) is 25.5 Å². The van der Waals surface area contributed by atoms with Crippen molar-refractivity contribution in [1.82, 2.24) is 10.2 Å². The molecule has 1 N–H and O–H groups in total. The van der Waals surface area contributed by atoms with Gasteiger partial charge >= 0.3 is 0 Å². The molecule has 2 rings (SSSR count). The van der Waals surface area contributed by atoms with Gasteiger partial charge in [-0.1, -0.05) is 0 Å². The molecule has 160 valence electrons. The number of methoxy groups -OCH3 is 1. The molecule has 0 amide bonds. The van der Waals surface area contributed by atoms with E-state index in [9.17, 15) is 8.78 Å². The Hall–Kier alpha value is -1.20. The third-order valence-corrected chi connectivity index (χ3v) is 4.22. The molecule has 1 heterocycles. The molecule has 1 aliphatic heterocycles. The van der Waals surface area contributed by atoms with Crippen LogP contribution in [-0.4, -0.2) is 70.6 Å². The Labute approximate surface area is 182 Å². The lowest BCUT2D eigenvalue weighted by Crippen LogP contribution is -2.40. The number of nitrogens with zero attached hydrogens (tertiary/aromatic N) is 2. The highest BCUT2D eigenvalue weighted by atomic mass is 127. The van der Waals surface area contributed by atoms with Crippen molar-refractivity contribution >= 4 is 29.9 Å². The Morgan fingerprint density at radius 2 is 2.07 bits per heavy atom. The smallest absolute Gasteiger partial charge is 0.194 e. The molecule has 1 atom stereocenters. The van der Waals surface area contributed by atoms with Crippen LogP contribution in [0.2, 0.25) is 0 Å². The first-order valence-electron chi connectivity index (χ1n) is 9.31. The Bertz CT molecular complexity index is 608. The molecule has 1 aliphatic rings. The molecule has 1 fully saturated rings. The summed E-state index contributed by atoms with van der Waals surface area (Å²) in [5.74, 6) is -0.191. The summed E-state index contributed by atoms with van der Waals surface area (Å²) in [5.41, 5.74) is 0. The first-order valence-corrected chi connectivity index (χ1v) is 9.31. The maximum Gasteiger partial charge on any atom is 0.194 e. The lowest BCUT2D eigenvalue weighted by Gasteiger charge is -2.21. The third kappa shape index (κ3) is 8.44. The van der Waals surface area contributed by atoms with Gasteiger partial charge in [-0.15, -0.1) is 24.0 Å². The SMILES string of the molecule is CCNC(=NCCOc1ccc(F)c(F)c1)N1CCC(COCCOC)C1.I. The predicted octanol–water partition coefficient (Wildman–Crippen LogP) is 2.91. The molecule has 1 aromatic carbocycles. The Morgan fingerprint density at radius 1 is 1.25 bits per heavy atom. The van der Waals surface area contributed by atoms with Crippen molar-refractivity contribution in [3.05, 3.63) is 29.8 Å². The van der Waals surface area contributed by atoms with Crippen LogP contribution in [0.1, 0.15) is 13.3 Å². The van der Waals surface area contributed by atoms with Gasteiger partial charge < -0.3 is 24.4 Å². The molecule has 1 saturated heterocycles. The van der Waals surface area contributed by atoms with Crippen LogP contribution in [0.5, 0.6) is 5.75 Å². The molecule has 1 unspecified atom stereocenters. The van der Waals surface area contributed by atoms with E-state index in [4.69, 9.17) is 14.2 Å². The number of halogens is 3. The van der Waals surface area contributed by atoms with Gasteiger partial charge in [0.1, 0.15) is 12.4 Å². The van der Waals surface area contributed by atoms with E-state index in [1.54, 1.807) is 7.11 Å². The minimum Gasteiger partial charge on any atom is -0.492 e. The summed E-state index contributed by atoms with van der Waals surface area (Å²) in [5, 5.41) is 3.29. The molecule has 9 heteroatoms. The van der Waals surface area contributed by atoms with Crippen LogP contribution < -0.4 is 10.1 Å². The second-order valence-corrected chi connectivity index (χ2v) is 6.33. The van der Waals surface area contributed by atoms with E-state index in [1.165, 1.54) is 6.07 Å². The van der Waals surface area contributed by atoms with Crippen molar-refractivity contribution in [2.24, 2.45) is 10.9 Å². The lowest BCUT2D eigenvalue weighted by molar-refractivity contribution is 0.0536. The second kappa shape index (κ2) is 13.9. The summed E-state index contributed by atoms with van der Waals surface area (Å²) in [4.78, 5) is 6.79. The normalized spacial score (nSPS) is 16.8. The maximum atomic E-state index is 13.2. The molecule has 0 aromatic heterocycles. The van der Waals surface area contributed by atoms with E-state index in [1.807, 2.05) is 6.92 Å². The second-order valence-electron chi connectivity index (χ2n) is 6.33. The molecule has 6 nitrogen and oxygen atoms in total. The van der Waals surface area contributed by atoms with Gasteiger partial charge in [-0.25, -0.2) is 13.8 Å². The fraction of sp³-hybridized carbons (Fsp3) is 0.632. The minimum absolute atomic E-state index is 0. The van der Waals surface area contributed by atoms with Gasteiger partial charge in [0, 0.05) is 38.7 Å². The fourth-order valence-electron chi connectivity index (χ4n) is 2.86. The van der Waals surface area contributed by atoms with Gasteiger partial charge in [0.25, 0.3) is 0 Å². The van der Waals surface area contributed by atoms with Gasteiger partial charge in [-0.2, -0.15) is 0 Å². The molecular formula is C19H30F2IN3O3. The number of guanidine groups is 1. The van der Waals surface area contributed by atoms with Crippen LogP contribution in [0.3, 0.4) is 0 Å². The van der Waals surface area contributed by atoms with Crippen LogP contribution in [0.4, 0.5) is 8.78 Å². The number of likely N-dealkylation sites (tertiary alicyclic amines) is 1. The van der Waals surface area contributed by atoms with E-state index < -0.39 is 11.6 Å². The summed E-state index contributed by atoms with van der Waals surface area (Å²) in [6, 6.07) is 3.50. The van der Waals surface area contributed by atoms with E-state index in [-0.39, 0.29) is 30.6 Å². The quantitative estimate of drug-likeness (QED) is 0.226. The van der Waals surface area contributed by atoms with Gasteiger partial charge in [0.05, 0.1) is 26.4 Å². The molecule has 0 radical (unpaired) electrons. The zero-order valence-corrected chi connectivity index (χ0v) is 18.8. The number of rotatable bonds is 10. The van der Waals surface area contributed by atoms with Crippen molar-refractivity contribution in [2.75, 3.05) is 59.7 Å². The average molecular weight is 513 g/mol. The zero-order chi connectivity index (χ0) is 19.5. The van der Waals surface area contributed by atoms with Crippen molar-refractivity contribution in [1.29, 1.82) is 0 Å². The summed E-state index contributed by atoms with van der Waals surface area (Å²) in [7, 11) is 1.66. The standard InChI is InChI=1S/C19H29F2N3O3.HI/c1-3-22-19(24-8-6-15(13-24)14-26-11-10-25-2)23-7-9-27-16-4-5-17(20)18(21)12-16;/h4-5,12,15H,3,6-11,13-14H2,1-2H3,(H,22,23);1H. The first kappa shape index (κ1) is 24.8. The van der Waals surface area contributed by atoms with Crippen LogP contribution in [0, 0.1) is 17.6 Å². The van der Waals surface area contributed by atoms with Crippen LogP contribution in [-0.2, 0) is 9.47 Å². The number of ether oxygens (including phenoxy) is 3. The van der Waals surface area contributed by atoms with Gasteiger partial charge in [0.2, 0.25) is 0 Å². The van der Waals surface area contributed by atoms with Crippen molar-refractivity contribution in [3.8, 4) is 5.75 Å². The highest BCUT2D eigenvalue weighted by molar-refractivity contribution is 14.0. The molecular weight excluding hydrogens is 483 g/mol. The average Bonchev–Trinajstić information content (AvgIpc) is 3.13. The minimum atomic E-state index is -0.917. The zero-order valence-electron chi connectivity index (χ0n) is 16.5. The van der Waals surface area contributed by atoms with Gasteiger partial charge in [-0.3, -0.25) is 0 Å². The van der Waals surface area contributed by atoms with E-state index in [0.717, 1.165) is 50.8 Å². The molecule has 28 heavy (non-hydrogen) atoms. The molecule has 0 aliphatic carbocycles. The number of aliphatic imine (C=N–C) groups is 1. The summed E-state index contributed by atoms with van der Waals surface area (Å²) >= 11 is 0. The number of nitrogens with one attached hydrogen (secondary N) is 1. The topological polar surface area (TPSA) is 55.3 Å². The first-order chi connectivity index (χ1) is 13.1. The number of benzene rings is 1. The third-order valence-electron chi connectivity index (χ3n) is 4.22. The van der Waals surface area contributed by atoms with Crippen LogP contribution >= 0.6 is 24.0 Å². The van der Waals surface area contributed by atoms with Gasteiger partial charge in [0.15, 0.2) is 17.6 Å². The Kier molecular flexibility index (Phi) is 12.3. The highest BCUT2D eigenvalue weighted by Crippen LogP contribution is 2.17. The van der Waals surface area contributed by atoms with E-state index in [0.29, 0.717) is 31.4 Å². The van der Waals surface area contributed by atoms with Crippen LogP contribution in [0.25, 0.3) is 0 Å². The summed E-state index contributed by atoms with van der Waals surface area (Å²) < 4.78 is 42.1. The van der Waals surface area contributed by atoms with E-state index in [2.05, 4.69) is 15.2 Å². The van der Waals surface area contributed by atoms with E-state index >= 15 is 0 Å². The summed E-state index contributed by atoms with van der Waals surface area (Å²) in [6.45, 7) is 7.27. The fourth-order valence-corrected chi connectivity index (χ4v) is 2.86. The molecule has 0 spiro atoms. The largest absolute Gasteiger partial charge is 0.492 e. The predicted molar refractivity (Wildman–Crippen MR) is 116 cm³/mol. The highest BCUT2D eigenvalue weighted by Gasteiger charge is 2.24. The van der Waals surface area contributed by atoms with Crippen molar-refractivity contribution in [3.63, 3.8) is 0 Å². The van der Waals surface area contributed by atoms with Crippen LogP contribution in [0.15, 0.2) is 23.2 Å². The monoisotopic (exact) mass is 513 g/mol.